The number of nitrogens with zero attached hydrogens (tertiary/aromatic N) is 1. The summed E-state index contributed by atoms with van der Waals surface area (Å²) in [6.45, 7) is 0. The zero-order valence-electron chi connectivity index (χ0n) is 4.40. The Balaban J connectivity index is 2.86. The normalized spacial score (nSPS) is 19.1. The predicted molar refractivity (Wildman–Crippen MR) is 36.8 cm³/mol. The summed E-state index contributed by atoms with van der Waals surface area (Å²) in [6, 6.07) is 0. The van der Waals surface area contributed by atoms with Crippen LogP contribution in [0.1, 0.15) is 6.42 Å². The number of hydrogen-bond acceptors (Lipinski definition) is 2. The van der Waals surface area contributed by atoms with Crippen molar-refractivity contribution >= 4 is 34.2 Å². The fourth-order valence-corrected chi connectivity index (χ4v) is 1.01. The van der Waals surface area contributed by atoms with E-state index < -0.39 is 0 Å². The van der Waals surface area contributed by atoms with Gasteiger partial charge in [-0.05, 0) is 0 Å². The molecule has 1 heterocycles. The van der Waals surface area contributed by atoms with Gasteiger partial charge in [0, 0.05) is 6.08 Å². The molecular weight excluding hydrogens is 161 g/mol. The lowest BCUT2D eigenvalue weighted by molar-refractivity contribution is -0.113. The molecule has 4 heteroatoms. The van der Waals surface area contributed by atoms with E-state index in [0.29, 0.717) is 0 Å². The van der Waals surface area contributed by atoms with E-state index in [1.807, 2.05) is 0 Å². The molecule has 1 rings (SSSR count). The number of halogens is 2. The van der Waals surface area contributed by atoms with Gasteiger partial charge in [0.1, 0.15) is 10.3 Å². The van der Waals surface area contributed by atoms with E-state index in [1.165, 1.54) is 6.08 Å². The number of rotatable bonds is 0. The minimum absolute atomic E-state index is 0.0972. The lowest BCUT2D eigenvalue weighted by Gasteiger charge is -1.99. The van der Waals surface area contributed by atoms with Crippen LogP contribution in [-0.4, -0.2) is 11.0 Å². The Morgan fingerprint density at radius 1 is 1.56 bits per heavy atom. The fourth-order valence-electron chi connectivity index (χ4n) is 0.515. The van der Waals surface area contributed by atoms with Gasteiger partial charge in [0.05, 0.1) is 6.42 Å². The van der Waals surface area contributed by atoms with E-state index in [9.17, 15) is 4.79 Å². The first-order chi connectivity index (χ1) is 4.18. The molecule has 0 aromatic heterocycles. The zero-order chi connectivity index (χ0) is 6.85. The van der Waals surface area contributed by atoms with Crippen LogP contribution in [0.3, 0.4) is 0 Å². The zero-order valence-corrected chi connectivity index (χ0v) is 5.91. The summed E-state index contributed by atoms with van der Waals surface area (Å²) in [4.78, 5) is 14.2. The highest BCUT2D eigenvalue weighted by Crippen LogP contribution is 2.12. The molecule has 0 aromatic rings. The first-order valence-corrected chi connectivity index (χ1v) is 3.07. The Bertz CT molecular complexity index is 207. The fraction of sp³-hybridized carbons (Fsp3) is 0.200. The Kier molecular flexibility index (Phi) is 1.88. The molecule has 0 bridgehead atoms. The number of carbonyl (C=O) groups excluding carboxylic acids is 1. The first-order valence-electron chi connectivity index (χ1n) is 2.31. The van der Waals surface area contributed by atoms with Crippen LogP contribution in [0.25, 0.3) is 0 Å². The van der Waals surface area contributed by atoms with Crippen molar-refractivity contribution in [2.75, 3.05) is 0 Å². The monoisotopic (exact) mass is 163 g/mol. The minimum Gasteiger partial charge on any atom is -0.294 e. The number of aliphatic imine (C=N–C) groups is 1. The molecule has 1 aliphatic rings. The molecule has 0 atom stereocenters. The molecule has 1 aliphatic heterocycles. The standard InChI is InChI=1S/C5H3Cl2NO/c6-4-1-3(9)2-5(7)8-4/h1H,2H2. The minimum atomic E-state index is -0.0972. The van der Waals surface area contributed by atoms with Crippen molar-refractivity contribution in [2.24, 2.45) is 4.99 Å². The van der Waals surface area contributed by atoms with Crippen LogP contribution in [0.15, 0.2) is 16.2 Å². The van der Waals surface area contributed by atoms with Crippen LogP contribution in [0.5, 0.6) is 0 Å². The highest BCUT2D eigenvalue weighted by Gasteiger charge is 2.09. The molecule has 0 spiro atoms. The van der Waals surface area contributed by atoms with Crippen molar-refractivity contribution < 1.29 is 4.79 Å². The second-order valence-electron chi connectivity index (χ2n) is 1.60. The molecular formula is C5H3Cl2NO. The molecule has 48 valence electrons. The highest BCUT2D eigenvalue weighted by molar-refractivity contribution is 6.67. The third-order valence-electron chi connectivity index (χ3n) is 0.828. The second-order valence-corrected chi connectivity index (χ2v) is 2.42. The van der Waals surface area contributed by atoms with Gasteiger partial charge < -0.3 is 0 Å². The predicted octanol–water partition coefficient (Wildman–Crippen LogP) is 1.68. The summed E-state index contributed by atoms with van der Waals surface area (Å²) >= 11 is 10.8. The van der Waals surface area contributed by atoms with Crippen molar-refractivity contribution in [1.29, 1.82) is 0 Å². The Hall–Kier alpha value is -0.340. The number of ketones is 1. The van der Waals surface area contributed by atoms with Crippen molar-refractivity contribution in [3.63, 3.8) is 0 Å². The molecule has 0 saturated heterocycles. The third kappa shape index (κ3) is 1.80. The lowest BCUT2D eigenvalue weighted by Crippen LogP contribution is -2.03. The lowest BCUT2D eigenvalue weighted by atomic mass is 10.2. The van der Waals surface area contributed by atoms with Gasteiger partial charge in [0.2, 0.25) is 0 Å². The maximum Gasteiger partial charge on any atom is 0.165 e. The Labute approximate surface area is 62.2 Å². The molecule has 0 saturated carbocycles. The molecule has 0 amide bonds. The first kappa shape index (κ1) is 6.78. The van der Waals surface area contributed by atoms with Gasteiger partial charge in [-0.1, -0.05) is 23.2 Å². The summed E-state index contributed by atoms with van der Waals surface area (Å²) in [6.07, 6.45) is 1.44. The maximum atomic E-state index is 10.6. The molecule has 9 heavy (non-hydrogen) atoms. The van der Waals surface area contributed by atoms with Gasteiger partial charge >= 0.3 is 0 Å². The van der Waals surface area contributed by atoms with Gasteiger partial charge in [0.25, 0.3) is 0 Å². The molecule has 0 radical (unpaired) electrons. The van der Waals surface area contributed by atoms with E-state index >= 15 is 0 Å². The van der Waals surface area contributed by atoms with E-state index in [1.54, 1.807) is 0 Å². The topological polar surface area (TPSA) is 29.4 Å². The summed E-state index contributed by atoms with van der Waals surface area (Å²) < 4.78 is 0. The van der Waals surface area contributed by atoms with Crippen molar-refractivity contribution in [1.82, 2.24) is 0 Å². The van der Waals surface area contributed by atoms with Crippen LogP contribution in [0.4, 0.5) is 0 Å². The largest absolute Gasteiger partial charge is 0.294 e. The smallest absolute Gasteiger partial charge is 0.165 e. The van der Waals surface area contributed by atoms with E-state index in [4.69, 9.17) is 23.2 Å². The Morgan fingerprint density at radius 2 is 2.22 bits per heavy atom. The third-order valence-corrected chi connectivity index (χ3v) is 1.24. The van der Waals surface area contributed by atoms with E-state index in [2.05, 4.69) is 4.99 Å². The van der Waals surface area contributed by atoms with Crippen LogP contribution >= 0.6 is 23.2 Å². The van der Waals surface area contributed by atoms with Crippen molar-refractivity contribution in [3.05, 3.63) is 11.2 Å². The quantitative estimate of drug-likeness (QED) is 0.500. The summed E-state index contributed by atoms with van der Waals surface area (Å²) in [5.41, 5.74) is 0. The van der Waals surface area contributed by atoms with Crippen LogP contribution in [0.2, 0.25) is 0 Å². The summed E-state index contributed by atoms with van der Waals surface area (Å²) in [5.74, 6) is -0.0972. The molecule has 0 unspecified atom stereocenters. The van der Waals surface area contributed by atoms with Crippen LogP contribution < -0.4 is 0 Å². The van der Waals surface area contributed by atoms with E-state index in [0.717, 1.165) is 0 Å². The SMILES string of the molecule is O=C1C=C(Cl)N=C(Cl)C1. The van der Waals surface area contributed by atoms with E-state index in [-0.39, 0.29) is 22.5 Å². The van der Waals surface area contributed by atoms with Crippen LogP contribution in [0, 0.1) is 0 Å². The molecule has 2 nitrogen and oxygen atoms in total. The van der Waals surface area contributed by atoms with Crippen LogP contribution in [-0.2, 0) is 4.79 Å². The molecule has 0 fully saturated rings. The van der Waals surface area contributed by atoms with Gasteiger partial charge in [-0.3, -0.25) is 4.79 Å². The number of allylic oxidation sites excluding steroid dienone is 1. The van der Waals surface area contributed by atoms with Gasteiger partial charge in [0.15, 0.2) is 5.78 Å². The second kappa shape index (κ2) is 2.50. The average molecular weight is 164 g/mol. The Morgan fingerprint density at radius 3 is 2.67 bits per heavy atom. The summed E-state index contributed by atoms with van der Waals surface area (Å²) in [7, 11) is 0. The van der Waals surface area contributed by atoms with Gasteiger partial charge in [-0.2, -0.15) is 0 Å². The van der Waals surface area contributed by atoms with Gasteiger partial charge in [-0.15, -0.1) is 0 Å². The summed E-state index contributed by atoms with van der Waals surface area (Å²) in [5, 5.41) is 0.420. The molecule has 0 N–H and O–H groups in total. The highest BCUT2D eigenvalue weighted by atomic mass is 35.5. The molecule has 0 aliphatic carbocycles. The van der Waals surface area contributed by atoms with Crippen molar-refractivity contribution in [2.45, 2.75) is 6.42 Å². The van der Waals surface area contributed by atoms with Gasteiger partial charge in [-0.25, -0.2) is 4.99 Å². The van der Waals surface area contributed by atoms with Crippen molar-refractivity contribution in [3.8, 4) is 0 Å². The maximum absolute atomic E-state index is 10.6. The molecule has 0 aromatic carbocycles. The number of hydrogen-bond donors (Lipinski definition) is 0. The number of carbonyl (C=O) groups is 1. The average Bonchev–Trinajstić information content (AvgIpc) is 1.59.